The van der Waals surface area contributed by atoms with Crippen LogP contribution in [0.2, 0.25) is 5.02 Å². The number of rotatable bonds is 3. The van der Waals surface area contributed by atoms with Gasteiger partial charge in [-0.1, -0.05) is 49.2 Å². The minimum absolute atomic E-state index is 0.0772. The van der Waals surface area contributed by atoms with E-state index in [0.29, 0.717) is 17.5 Å². The molecule has 0 atom stereocenters. The molecule has 0 radical (unpaired) electrons. The second-order valence-corrected chi connectivity index (χ2v) is 7.03. The lowest BCUT2D eigenvalue weighted by atomic mass is 9.97. The third-order valence-electron chi connectivity index (χ3n) is 4.89. The van der Waals surface area contributed by atoms with Crippen molar-refractivity contribution in [3.8, 4) is 22.3 Å². The van der Waals surface area contributed by atoms with Crippen LogP contribution in [-0.2, 0) is 12.8 Å². The molecule has 0 unspecified atom stereocenters. The number of hydrogen-bond acceptors (Lipinski definition) is 0. The first kappa shape index (κ1) is 17.2. The lowest BCUT2D eigenvalue weighted by molar-refractivity contribution is 0.582. The van der Waals surface area contributed by atoms with Gasteiger partial charge in [-0.15, -0.1) is 0 Å². The Balaban J connectivity index is 1.85. The summed E-state index contributed by atoms with van der Waals surface area (Å²) in [5.74, 6) is -2.03. The molecule has 0 fully saturated rings. The Morgan fingerprint density at radius 3 is 2.46 bits per heavy atom. The highest BCUT2D eigenvalue weighted by Gasteiger charge is 2.27. The average molecular weight is 373 g/mol. The Hall–Kier alpha value is -2.26. The second kappa shape index (κ2) is 6.48. The summed E-state index contributed by atoms with van der Waals surface area (Å²) in [6, 6.07) is 11.2. The fraction of sp³-hybridized carbons (Fsp3) is 0.182. The molecule has 3 aromatic carbocycles. The van der Waals surface area contributed by atoms with Crippen molar-refractivity contribution in [1.29, 1.82) is 0 Å². The zero-order valence-electron chi connectivity index (χ0n) is 14.2. The van der Waals surface area contributed by atoms with Crippen molar-refractivity contribution >= 4 is 11.6 Å². The molecule has 0 amide bonds. The van der Waals surface area contributed by atoms with Crippen LogP contribution in [0.15, 0.2) is 42.5 Å². The summed E-state index contributed by atoms with van der Waals surface area (Å²) in [6.07, 6.45) is 2.40. The van der Waals surface area contributed by atoms with E-state index < -0.39 is 17.5 Å². The molecule has 0 bridgehead atoms. The van der Waals surface area contributed by atoms with Crippen LogP contribution in [0.4, 0.5) is 13.2 Å². The number of benzene rings is 3. The summed E-state index contributed by atoms with van der Waals surface area (Å²) in [4.78, 5) is 0. The van der Waals surface area contributed by atoms with E-state index >= 15 is 4.39 Å². The number of aryl methyl sites for hydroxylation is 1. The van der Waals surface area contributed by atoms with Gasteiger partial charge in [0.15, 0.2) is 0 Å². The van der Waals surface area contributed by atoms with Gasteiger partial charge in [-0.2, -0.15) is 0 Å². The van der Waals surface area contributed by atoms with Gasteiger partial charge in [0.25, 0.3) is 0 Å². The van der Waals surface area contributed by atoms with E-state index in [2.05, 4.69) is 13.0 Å². The molecule has 0 saturated carbocycles. The Morgan fingerprint density at radius 1 is 0.923 bits per heavy atom. The number of fused-ring (bicyclic) bond motifs is 3. The quantitative estimate of drug-likeness (QED) is 0.365. The lowest BCUT2D eigenvalue weighted by Crippen LogP contribution is -1.97. The third kappa shape index (κ3) is 2.71. The van der Waals surface area contributed by atoms with Crippen molar-refractivity contribution in [2.75, 3.05) is 0 Å². The van der Waals surface area contributed by atoms with E-state index in [1.54, 1.807) is 0 Å². The van der Waals surface area contributed by atoms with Gasteiger partial charge in [-0.05, 0) is 52.4 Å². The van der Waals surface area contributed by atoms with Crippen LogP contribution in [0.25, 0.3) is 22.3 Å². The molecule has 4 heteroatoms. The van der Waals surface area contributed by atoms with Gasteiger partial charge in [0, 0.05) is 12.0 Å². The normalized spacial score (nSPS) is 12.2. The lowest BCUT2D eigenvalue weighted by Gasteiger charge is -2.11. The Bertz CT molecular complexity index is 1020. The van der Waals surface area contributed by atoms with Gasteiger partial charge in [-0.3, -0.25) is 0 Å². The summed E-state index contributed by atoms with van der Waals surface area (Å²) in [5, 5.41) is -0.0772. The van der Waals surface area contributed by atoms with Crippen molar-refractivity contribution in [3.05, 3.63) is 81.6 Å². The smallest absolute Gasteiger partial charge is 0.142 e. The van der Waals surface area contributed by atoms with E-state index in [1.165, 1.54) is 23.8 Å². The molecule has 1 aliphatic carbocycles. The highest BCUT2D eigenvalue weighted by Crippen LogP contribution is 2.42. The molecule has 0 saturated heterocycles. The molecule has 0 aromatic heterocycles. The zero-order valence-corrected chi connectivity index (χ0v) is 14.9. The topological polar surface area (TPSA) is 0 Å². The Kier molecular flexibility index (Phi) is 4.28. The van der Waals surface area contributed by atoms with Crippen LogP contribution >= 0.6 is 11.6 Å². The molecule has 0 aliphatic heterocycles. The Morgan fingerprint density at radius 2 is 1.73 bits per heavy atom. The minimum Gasteiger partial charge on any atom is -0.206 e. The minimum atomic E-state index is -0.701. The average Bonchev–Trinajstić information content (AvgIpc) is 2.96. The Labute approximate surface area is 155 Å². The first-order valence-corrected chi connectivity index (χ1v) is 8.96. The van der Waals surface area contributed by atoms with Crippen molar-refractivity contribution < 1.29 is 13.2 Å². The van der Waals surface area contributed by atoms with Gasteiger partial charge < -0.3 is 0 Å². The molecule has 0 spiro atoms. The van der Waals surface area contributed by atoms with Crippen LogP contribution in [0.5, 0.6) is 0 Å². The monoisotopic (exact) mass is 372 g/mol. The third-order valence-corrected chi connectivity index (χ3v) is 5.20. The van der Waals surface area contributed by atoms with Crippen LogP contribution in [0, 0.1) is 17.5 Å². The van der Waals surface area contributed by atoms with E-state index in [-0.39, 0.29) is 16.1 Å². The standard InChI is InChI=1S/C22H16ClF3/c1-2-3-12-4-6-15-14(8-12)9-17-16(15)11-20(25)21(22(17)26)13-5-7-18(23)19(24)10-13/h4-8,10-11H,2-3,9H2,1H3. The summed E-state index contributed by atoms with van der Waals surface area (Å²) >= 11 is 5.68. The fourth-order valence-corrected chi connectivity index (χ4v) is 3.80. The summed E-state index contributed by atoms with van der Waals surface area (Å²) in [5.41, 5.74) is 4.04. The van der Waals surface area contributed by atoms with Crippen molar-refractivity contribution in [2.24, 2.45) is 0 Å². The molecular weight excluding hydrogens is 357 g/mol. The van der Waals surface area contributed by atoms with E-state index in [1.807, 2.05) is 12.1 Å². The maximum absolute atomic E-state index is 15.2. The predicted molar refractivity (Wildman–Crippen MR) is 99.0 cm³/mol. The van der Waals surface area contributed by atoms with Crippen LogP contribution in [-0.4, -0.2) is 0 Å². The highest BCUT2D eigenvalue weighted by molar-refractivity contribution is 6.30. The van der Waals surface area contributed by atoms with Gasteiger partial charge in [0.2, 0.25) is 0 Å². The summed E-state index contributed by atoms with van der Waals surface area (Å²) in [7, 11) is 0. The first-order chi connectivity index (χ1) is 12.5. The van der Waals surface area contributed by atoms with Crippen molar-refractivity contribution in [1.82, 2.24) is 0 Å². The van der Waals surface area contributed by atoms with Crippen molar-refractivity contribution in [3.63, 3.8) is 0 Å². The first-order valence-electron chi connectivity index (χ1n) is 8.58. The van der Waals surface area contributed by atoms with E-state index in [9.17, 15) is 8.78 Å². The molecule has 1 aliphatic rings. The van der Waals surface area contributed by atoms with E-state index in [0.717, 1.165) is 30.0 Å². The maximum Gasteiger partial charge on any atom is 0.142 e. The summed E-state index contributed by atoms with van der Waals surface area (Å²) < 4.78 is 43.7. The van der Waals surface area contributed by atoms with E-state index in [4.69, 9.17) is 11.6 Å². The molecule has 3 aromatic rings. The number of hydrogen-bond donors (Lipinski definition) is 0. The SMILES string of the molecule is CCCc1ccc2c(c1)Cc1c-2cc(F)c(-c2ccc(Cl)c(F)c2)c1F. The van der Waals surface area contributed by atoms with Crippen LogP contribution in [0.3, 0.4) is 0 Å². The molecule has 26 heavy (non-hydrogen) atoms. The highest BCUT2D eigenvalue weighted by atomic mass is 35.5. The largest absolute Gasteiger partial charge is 0.206 e. The van der Waals surface area contributed by atoms with Gasteiger partial charge in [0.1, 0.15) is 17.5 Å². The maximum atomic E-state index is 15.2. The molecule has 0 nitrogen and oxygen atoms in total. The predicted octanol–water partition coefficient (Wildman–Crippen LogP) is 6.95. The molecule has 0 N–H and O–H groups in total. The van der Waals surface area contributed by atoms with Crippen molar-refractivity contribution in [2.45, 2.75) is 26.2 Å². The molecule has 0 heterocycles. The molecular formula is C22H16ClF3. The van der Waals surface area contributed by atoms with Gasteiger partial charge >= 0.3 is 0 Å². The molecule has 132 valence electrons. The van der Waals surface area contributed by atoms with Crippen LogP contribution < -0.4 is 0 Å². The van der Waals surface area contributed by atoms with Crippen LogP contribution in [0.1, 0.15) is 30.0 Å². The van der Waals surface area contributed by atoms with Gasteiger partial charge in [-0.25, -0.2) is 13.2 Å². The zero-order chi connectivity index (χ0) is 18.4. The number of halogens is 4. The second-order valence-electron chi connectivity index (χ2n) is 6.62. The van der Waals surface area contributed by atoms with Gasteiger partial charge in [0.05, 0.1) is 10.6 Å². The summed E-state index contributed by atoms with van der Waals surface area (Å²) in [6.45, 7) is 2.11. The molecule has 4 rings (SSSR count). The fourth-order valence-electron chi connectivity index (χ4n) is 3.68.